The molecule has 20 heavy (non-hydrogen) atoms. The Balaban J connectivity index is 2.49. The van der Waals surface area contributed by atoms with Gasteiger partial charge in [-0.15, -0.1) is 0 Å². The molecule has 0 heterocycles. The second-order valence-corrected chi connectivity index (χ2v) is 8.11. The van der Waals surface area contributed by atoms with Crippen molar-refractivity contribution in [3.8, 4) is 0 Å². The first-order valence-electron chi connectivity index (χ1n) is 8.80. The van der Waals surface area contributed by atoms with Crippen molar-refractivity contribution in [2.45, 2.75) is 84.6 Å². The second kappa shape index (κ2) is 8.38. The van der Waals surface area contributed by atoms with E-state index in [1.54, 1.807) is 0 Å². The van der Waals surface area contributed by atoms with Gasteiger partial charge >= 0.3 is 0 Å². The summed E-state index contributed by atoms with van der Waals surface area (Å²) in [6.07, 6.45) is 11.2. The van der Waals surface area contributed by atoms with E-state index in [1.165, 1.54) is 71.0 Å². The number of hydrogen-bond acceptors (Lipinski definition) is 2. The van der Waals surface area contributed by atoms with Gasteiger partial charge in [0, 0.05) is 18.6 Å². The van der Waals surface area contributed by atoms with E-state index in [9.17, 15) is 0 Å². The van der Waals surface area contributed by atoms with Crippen LogP contribution in [0.5, 0.6) is 0 Å². The van der Waals surface area contributed by atoms with Crippen LogP contribution >= 0.6 is 0 Å². The maximum Gasteiger partial charge on any atom is 0.00967 e. The second-order valence-electron chi connectivity index (χ2n) is 8.11. The Hall–Kier alpha value is -0.0800. The first-order valence-corrected chi connectivity index (χ1v) is 8.80. The van der Waals surface area contributed by atoms with Crippen molar-refractivity contribution in [2.75, 3.05) is 26.7 Å². The van der Waals surface area contributed by atoms with Crippen LogP contribution in [-0.4, -0.2) is 37.1 Å². The largest absolute Gasteiger partial charge is 0.311 e. The highest BCUT2D eigenvalue weighted by atomic mass is 15.1. The molecule has 2 nitrogen and oxygen atoms in total. The fourth-order valence-corrected chi connectivity index (χ4v) is 3.43. The van der Waals surface area contributed by atoms with E-state index < -0.39 is 0 Å². The summed E-state index contributed by atoms with van der Waals surface area (Å²) in [7, 11) is 2.32. The number of rotatable bonds is 8. The van der Waals surface area contributed by atoms with E-state index >= 15 is 0 Å². The summed E-state index contributed by atoms with van der Waals surface area (Å²) in [4.78, 5) is 2.59. The summed E-state index contributed by atoms with van der Waals surface area (Å²) in [5, 5.41) is 3.78. The van der Waals surface area contributed by atoms with Crippen molar-refractivity contribution in [3.05, 3.63) is 0 Å². The molecule has 0 aromatic heterocycles. The molecule has 0 amide bonds. The normalized spacial score (nSPS) is 19.5. The van der Waals surface area contributed by atoms with Gasteiger partial charge in [0.25, 0.3) is 0 Å². The zero-order valence-electron chi connectivity index (χ0n) is 14.7. The minimum absolute atomic E-state index is 0.241. The Morgan fingerprint density at radius 1 is 1.05 bits per heavy atom. The molecule has 0 spiro atoms. The van der Waals surface area contributed by atoms with Gasteiger partial charge in [0.05, 0.1) is 0 Å². The van der Waals surface area contributed by atoms with Crippen LogP contribution in [0.15, 0.2) is 0 Å². The summed E-state index contributed by atoms with van der Waals surface area (Å²) < 4.78 is 0. The lowest BCUT2D eigenvalue weighted by Gasteiger charge is -2.42. The summed E-state index contributed by atoms with van der Waals surface area (Å²) in [5.41, 5.74) is 0.762. The molecule has 2 heteroatoms. The van der Waals surface area contributed by atoms with Crippen molar-refractivity contribution in [2.24, 2.45) is 5.41 Å². The van der Waals surface area contributed by atoms with Crippen LogP contribution < -0.4 is 5.32 Å². The minimum Gasteiger partial charge on any atom is -0.311 e. The first-order chi connectivity index (χ1) is 9.37. The fraction of sp³-hybridized carbons (Fsp3) is 1.00. The lowest BCUT2D eigenvalue weighted by molar-refractivity contribution is 0.108. The summed E-state index contributed by atoms with van der Waals surface area (Å²) in [6.45, 7) is 12.9. The van der Waals surface area contributed by atoms with E-state index in [4.69, 9.17) is 0 Å². The molecule has 1 aliphatic carbocycles. The molecule has 0 aromatic carbocycles. The Bertz CT molecular complexity index is 249. The van der Waals surface area contributed by atoms with Gasteiger partial charge in [-0.1, -0.05) is 39.0 Å². The SMILES string of the molecule is CCCCCN(C)CC1(CNC(C)(C)C)CCCCC1. The minimum atomic E-state index is 0.241. The van der Waals surface area contributed by atoms with Crippen LogP contribution in [0.1, 0.15) is 79.1 Å². The smallest absolute Gasteiger partial charge is 0.00967 e. The molecule has 0 saturated heterocycles. The highest BCUT2D eigenvalue weighted by Gasteiger charge is 2.33. The molecule has 1 fully saturated rings. The van der Waals surface area contributed by atoms with Gasteiger partial charge in [0.15, 0.2) is 0 Å². The molecule has 1 saturated carbocycles. The fourth-order valence-electron chi connectivity index (χ4n) is 3.43. The van der Waals surface area contributed by atoms with Gasteiger partial charge in [-0.2, -0.15) is 0 Å². The lowest BCUT2D eigenvalue weighted by Crippen LogP contribution is -2.49. The van der Waals surface area contributed by atoms with E-state index in [-0.39, 0.29) is 5.54 Å². The molecule has 0 radical (unpaired) electrons. The predicted octanol–water partition coefficient (Wildman–Crippen LogP) is 4.45. The van der Waals surface area contributed by atoms with Crippen molar-refractivity contribution in [3.63, 3.8) is 0 Å². The van der Waals surface area contributed by atoms with Crippen molar-refractivity contribution >= 4 is 0 Å². The molecule has 1 N–H and O–H groups in total. The maximum atomic E-state index is 3.78. The molecule has 0 atom stereocenters. The van der Waals surface area contributed by atoms with Crippen LogP contribution in [0.2, 0.25) is 0 Å². The average Bonchev–Trinajstić information content (AvgIpc) is 2.37. The number of hydrogen-bond donors (Lipinski definition) is 1. The summed E-state index contributed by atoms with van der Waals surface area (Å²) in [6, 6.07) is 0. The summed E-state index contributed by atoms with van der Waals surface area (Å²) in [5.74, 6) is 0. The van der Waals surface area contributed by atoms with Crippen molar-refractivity contribution in [1.29, 1.82) is 0 Å². The molecule has 0 aliphatic heterocycles. The molecule has 1 aliphatic rings. The Labute approximate surface area is 127 Å². The third kappa shape index (κ3) is 7.08. The Morgan fingerprint density at radius 3 is 2.25 bits per heavy atom. The molecule has 120 valence electrons. The third-order valence-corrected chi connectivity index (χ3v) is 4.66. The van der Waals surface area contributed by atoms with Crippen molar-refractivity contribution in [1.82, 2.24) is 10.2 Å². The van der Waals surface area contributed by atoms with Crippen LogP contribution in [0.4, 0.5) is 0 Å². The topological polar surface area (TPSA) is 15.3 Å². The van der Waals surface area contributed by atoms with E-state index in [2.05, 4.69) is 45.0 Å². The standard InChI is InChI=1S/C18H38N2/c1-6-7-11-14-20(5)16-18(12-9-8-10-13-18)15-19-17(2,3)4/h19H,6-16H2,1-5H3. The van der Waals surface area contributed by atoms with Gasteiger partial charge < -0.3 is 10.2 Å². The monoisotopic (exact) mass is 282 g/mol. The number of nitrogens with zero attached hydrogens (tertiary/aromatic N) is 1. The van der Waals surface area contributed by atoms with Gasteiger partial charge in [-0.25, -0.2) is 0 Å². The van der Waals surface area contributed by atoms with Gasteiger partial charge in [-0.3, -0.25) is 0 Å². The van der Waals surface area contributed by atoms with E-state index in [0.717, 1.165) is 0 Å². The zero-order valence-corrected chi connectivity index (χ0v) is 14.7. The van der Waals surface area contributed by atoms with Crippen LogP contribution in [-0.2, 0) is 0 Å². The predicted molar refractivity (Wildman–Crippen MR) is 90.3 cm³/mol. The van der Waals surface area contributed by atoms with Crippen LogP contribution in [0, 0.1) is 5.41 Å². The maximum absolute atomic E-state index is 3.78. The summed E-state index contributed by atoms with van der Waals surface area (Å²) >= 11 is 0. The van der Waals surface area contributed by atoms with E-state index in [0.29, 0.717) is 5.41 Å². The highest BCUT2D eigenvalue weighted by molar-refractivity contribution is 4.89. The van der Waals surface area contributed by atoms with Gasteiger partial charge in [0.1, 0.15) is 0 Å². The molecular formula is C18H38N2. The molecule has 1 rings (SSSR count). The Kier molecular flexibility index (Phi) is 7.53. The molecule has 0 unspecified atom stereocenters. The molecule has 0 aromatic rings. The first kappa shape index (κ1) is 18.0. The van der Waals surface area contributed by atoms with E-state index in [1.807, 2.05) is 0 Å². The quantitative estimate of drug-likeness (QED) is 0.662. The molecule has 0 bridgehead atoms. The number of unbranched alkanes of at least 4 members (excludes halogenated alkanes) is 2. The number of nitrogens with one attached hydrogen (secondary N) is 1. The lowest BCUT2D eigenvalue weighted by atomic mass is 9.73. The Morgan fingerprint density at radius 2 is 1.70 bits per heavy atom. The van der Waals surface area contributed by atoms with Gasteiger partial charge in [0.2, 0.25) is 0 Å². The zero-order chi connectivity index (χ0) is 15.1. The van der Waals surface area contributed by atoms with Crippen LogP contribution in [0.3, 0.4) is 0 Å². The highest BCUT2D eigenvalue weighted by Crippen LogP contribution is 2.36. The van der Waals surface area contributed by atoms with Crippen LogP contribution in [0.25, 0.3) is 0 Å². The third-order valence-electron chi connectivity index (χ3n) is 4.66. The average molecular weight is 283 g/mol. The van der Waals surface area contributed by atoms with Crippen molar-refractivity contribution < 1.29 is 0 Å². The molecular weight excluding hydrogens is 244 g/mol. The van der Waals surface area contributed by atoms with Gasteiger partial charge in [-0.05, 0) is 59.0 Å².